The highest BCUT2D eigenvalue weighted by atomic mass is 16.5. The van der Waals surface area contributed by atoms with Crippen LogP contribution in [0, 0.1) is 0 Å². The highest BCUT2D eigenvalue weighted by Gasteiger charge is 2.25. The van der Waals surface area contributed by atoms with Crippen LogP contribution in [0.2, 0.25) is 0 Å². The molecule has 0 heterocycles. The first kappa shape index (κ1) is 25.4. The molecule has 4 aromatic rings. The van der Waals surface area contributed by atoms with Gasteiger partial charge in [-0.15, -0.1) is 0 Å². The van der Waals surface area contributed by atoms with Gasteiger partial charge in [0.25, 0.3) is 5.91 Å². The van der Waals surface area contributed by atoms with Crippen molar-refractivity contribution in [2.45, 2.75) is 25.3 Å². The Kier molecular flexibility index (Phi) is 8.45. The van der Waals surface area contributed by atoms with E-state index in [0.717, 1.165) is 22.3 Å². The molecule has 4 rings (SSSR count). The Labute approximate surface area is 216 Å². The summed E-state index contributed by atoms with van der Waals surface area (Å²) < 4.78 is 5.72. The van der Waals surface area contributed by atoms with Crippen LogP contribution in [0.5, 0.6) is 5.75 Å². The molecule has 0 aliphatic carbocycles. The molecule has 0 radical (unpaired) electrons. The van der Waals surface area contributed by atoms with E-state index in [0.29, 0.717) is 17.7 Å². The third kappa shape index (κ3) is 7.15. The lowest BCUT2D eigenvalue weighted by Gasteiger charge is -2.18. The van der Waals surface area contributed by atoms with Gasteiger partial charge in [0, 0.05) is 18.4 Å². The maximum atomic E-state index is 13.1. The second-order valence-electron chi connectivity index (χ2n) is 8.67. The van der Waals surface area contributed by atoms with Crippen LogP contribution in [0.1, 0.15) is 34.3 Å². The lowest BCUT2D eigenvalue weighted by atomic mass is 10.0. The number of esters is 1. The number of benzene rings is 4. The zero-order valence-corrected chi connectivity index (χ0v) is 20.3. The third-order valence-electron chi connectivity index (χ3n) is 5.94. The van der Waals surface area contributed by atoms with Gasteiger partial charge < -0.3 is 15.8 Å². The van der Waals surface area contributed by atoms with E-state index in [9.17, 15) is 14.4 Å². The number of nitrogens with one attached hydrogen (secondary N) is 1. The number of nitrogens with two attached hydrogens (primary N) is 1. The average molecular weight is 493 g/mol. The van der Waals surface area contributed by atoms with E-state index < -0.39 is 23.8 Å². The fraction of sp³-hybridized carbons (Fsp3) is 0.129. The largest absolute Gasteiger partial charge is 0.425 e. The summed E-state index contributed by atoms with van der Waals surface area (Å²) in [6.07, 6.45) is 0.540. The zero-order valence-electron chi connectivity index (χ0n) is 20.3. The Morgan fingerprint density at radius 3 is 2.00 bits per heavy atom. The maximum Gasteiger partial charge on any atom is 0.334 e. The minimum atomic E-state index is -1.04. The summed E-state index contributed by atoms with van der Waals surface area (Å²) in [7, 11) is 0. The molecule has 3 N–H and O–H groups in total. The van der Waals surface area contributed by atoms with Gasteiger partial charge >= 0.3 is 5.97 Å². The van der Waals surface area contributed by atoms with E-state index in [4.69, 9.17) is 10.5 Å². The van der Waals surface area contributed by atoms with Crippen molar-refractivity contribution in [3.63, 3.8) is 0 Å². The minimum Gasteiger partial charge on any atom is -0.425 e. The predicted octanol–water partition coefficient (Wildman–Crippen LogP) is 4.91. The molecule has 6 nitrogen and oxygen atoms in total. The molecular weight excluding hydrogens is 464 g/mol. The molecule has 0 fully saturated rings. The number of rotatable bonds is 10. The van der Waals surface area contributed by atoms with Crippen molar-refractivity contribution in [1.82, 2.24) is 5.32 Å². The number of hydrogen-bond donors (Lipinski definition) is 2. The van der Waals surface area contributed by atoms with E-state index in [1.165, 1.54) is 0 Å². The molecule has 1 atom stereocenters. The Balaban J connectivity index is 1.48. The van der Waals surface area contributed by atoms with E-state index in [1.54, 1.807) is 24.3 Å². The summed E-state index contributed by atoms with van der Waals surface area (Å²) in [6, 6.07) is 33.0. The standard InChI is InChI=1S/C31H28N2O4/c32-29(34)20-19-27(33-30(35)25-17-15-24(16-18-25)23-11-5-2-6-12-23)31(36)37-28-14-8-7-13-26(28)21-22-9-3-1-4-10-22/h1-18,27H,19-21H2,(H2,32,34)(H,33,35)/t27-/m0/s1. The van der Waals surface area contributed by atoms with Crippen LogP contribution in [0.3, 0.4) is 0 Å². The first-order chi connectivity index (χ1) is 18.0. The molecule has 0 aliphatic rings. The van der Waals surface area contributed by atoms with Crippen LogP contribution < -0.4 is 15.8 Å². The number of carbonyl (C=O) groups excluding carboxylic acids is 3. The maximum absolute atomic E-state index is 13.1. The van der Waals surface area contributed by atoms with Crippen LogP contribution in [0.25, 0.3) is 11.1 Å². The Hall–Kier alpha value is -4.71. The van der Waals surface area contributed by atoms with Crippen molar-refractivity contribution in [2.24, 2.45) is 5.73 Å². The molecule has 186 valence electrons. The van der Waals surface area contributed by atoms with Crippen LogP contribution in [0.4, 0.5) is 0 Å². The lowest BCUT2D eigenvalue weighted by molar-refractivity contribution is -0.136. The van der Waals surface area contributed by atoms with Gasteiger partial charge in [-0.25, -0.2) is 4.79 Å². The first-order valence-electron chi connectivity index (χ1n) is 12.1. The Morgan fingerprint density at radius 2 is 1.32 bits per heavy atom. The van der Waals surface area contributed by atoms with Crippen molar-refractivity contribution < 1.29 is 19.1 Å². The summed E-state index contributed by atoms with van der Waals surface area (Å²) in [5.41, 5.74) is 9.61. The van der Waals surface area contributed by atoms with Crippen LogP contribution in [0.15, 0.2) is 109 Å². The SMILES string of the molecule is NC(=O)CC[C@H](NC(=O)c1ccc(-c2ccccc2)cc1)C(=O)Oc1ccccc1Cc1ccccc1. The van der Waals surface area contributed by atoms with Crippen molar-refractivity contribution in [1.29, 1.82) is 0 Å². The molecule has 0 bridgehead atoms. The van der Waals surface area contributed by atoms with Crippen LogP contribution in [-0.2, 0) is 16.0 Å². The van der Waals surface area contributed by atoms with Gasteiger partial charge in [-0.2, -0.15) is 0 Å². The van der Waals surface area contributed by atoms with Gasteiger partial charge in [0.05, 0.1) is 0 Å². The number of ether oxygens (including phenoxy) is 1. The van der Waals surface area contributed by atoms with Crippen molar-refractivity contribution in [3.05, 3.63) is 126 Å². The average Bonchev–Trinajstić information content (AvgIpc) is 2.93. The summed E-state index contributed by atoms with van der Waals surface area (Å²) in [4.78, 5) is 37.6. The Morgan fingerprint density at radius 1 is 0.730 bits per heavy atom. The lowest BCUT2D eigenvalue weighted by Crippen LogP contribution is -2.43. The summed E-state index contributed by atoms with van der Waals surface area (Å²) >= 11 is 0. The topological polar surface area (TPSA) is 98.5 Å². The molecule has 4 aromatic carbocycles. The predicted molar refractivity (Wildman–Crippen MR) is 143 cm³/mol. The number of carbonyl (C=O) groups is 3. The fourth-order valence-corrected chi connectivity index (χ4v) is 3.97. The fourth-order valence-electron chi connectivity index (χ4n) is 3.97. The van der Waals surface area contributed by atoms with Crippen molar-refractivity contribution in [3.8, 4) is 16.9 Å². The summed E-state index contributed by atoms with van der Waals surface area (Å²) in [5.74, 6) is -1.26. The first-order valence-corrected chi connectivity index (χ1v) is 12.1. The second-order valence-corrected chi connectivity index (χ2v) is 8.67. The van der Waals surface area contributed by atoms with Gasteiger partial charge in [0.1, 0.15) is 11.8 Å². The van der Waals surface area contributed by atoms with E-state index in [-0.39, 0.29) is 12.8 Å². The van der Waals surface area contributed by atoms with Gasteiger partial charge in [0.2, 0.25) is 5.91 Å². The smallest absolute Gasteiger partial charge is 0.334 e. The van der Waals surface area contributed by atoms with Crippen molar-refractivity contribution >= 4 is 17.8 Å². The molecule has 0 saturated heterocycles. The van der Waals surface area contributed by atoms with Gasteiger partial charge in [-0.3, -0.25) is 9.59 Å². The molecule has 6 heteroatoms. The molecular formula is C31H28N2O4. The van der Waals surface area contributed by atoms with Gasteiger partial charge in [0.15, 0.2) is 0 Å². The van der Waals surface area contributed by atoms with E-state index >= 15 is 0 Å². The molecule has 37 heavy (non-hydrogen) atoms. The highest BCUT2D eigenvalue weighted by molar-refractivity contribution is 5.97. The number of hydrogen-bond acceptors (Lipinski definition) is 4. The summed E-state index contributed by atoms with van der Waals surface area (Å²) in [6.45, 7) is 0. The third-order valence-corrected chi connectivity index (χ3v) is 5.94. The number of para-hydroxylation sites is 1. The van der Waals surface area contributed by atoms with Gasteiger partial charge in [-0.05, 0) is 46.9 Å². The molecule has 0 spiro atoms. The molecule has 2 amide bonds. The zero-order chi connectivity index (χ0) is 26.0. The monoisotopic (exact) mass is 492 g/mol. The Bertz CT molecular complexity index is 1350. The number of primary amides is 1. The molecule has 0 saturated carbocycles. The normalized spacial score (nSPS) is 11.4. The molecule has 0 aromatic heterocycles. The van der Waals surface area contributed by atoms with Gasteiger partial charge in [-0.1, -0.05) is 91.0 Å². The van der Waals surface area contributed by atoms with Crippen LogP contribution >= 0.6 is 0 Å². The highest BCUT2D eigenvalue weighted by Crippen LogP contribution is 2.23. The minimum absolute atomic E-state index is 0.0306. The summed E-state index contributed by atoms with van der Waals surface area (Å²) in [5, 5.41) is 2.72. The second kappa shape index (κ2) is 12.3. The quantitative estimate of drug-likeness (QED) is 0.243. The molecule has 0 unspecified atom stereocenters. The van der Waals surface area contributed by atoms with Crippen molar-refractivity contribution in [2.75, 3.05) is 0 Å². The van der Waals surface area contributed by atoms with E-state index in [2.05, 4.69) is 5.32 Å². The van der Waals surface area contributed by atoms with E-state index in [1.807, 2.05) is 84.9 Å². The number of amides is 2. The molecule has 0 aliphatic heterocycles. The van der Waals surface area contributed by atoms with Crippen LogP contribution in [-0.4, -0.2) is 23.8 Å².